The molecular weight excluding hydrogens is 407 g/mol. The largest absolute Gasteiger partial charge is 0.491 e. The topological polar surface area (TPSA) is 79.0 Å². The van der Waals surface area contributed by atoms with Crippen LogP contribution in [0.5, 0.6) is 5.75 Å². The smallest absolute Gasteiger partial charge is 0.320 e. The summed E-state index contributed by atoms with van der Waals surface area (Å²) >= 11 is 0. The number of nitrogens with one attached hydrogen (secondary N) is 3. The van der Waals surface area contributed by atoms with Crippen LogP contribution >= 0.6 is 0 Å². The number of aromatic amines is 1. The van der Waals surface area contributed by atoms with Crippen molar-refractivity contribution in [2.75, 3.05) is 5.32 Å². The van der Waals surface area contributed by atoms with E-state index in [0.717, 1.165) is 35.1 Å². The van der Waals surface area contributed by atoms with Crippen LogP contribution in [0.3, 0.4) is 0 Å². The van der Waals surface area contributed by atoms with Gasteiger partial charge in [0.25, 0.3) is 0 Å². The molecule has 0 bridgehead atoms. The van der Waals surface area contributed by atoms with E-state index in [1.165, 1.54) is 17.7 Å². The first-order chi connectivity index (χ1) is 15.6. The van der Waals surface area contributed by atoms with E-state index >= 15 is 0 Å². The van der Waals surface area contributed by atoms with Crippen LogP contribution in [-0.4, -0.2) is 22.3 Å². The summed E-state index contributed by atoms with van der Waals surface area (Å²) in [5.74, 6) is 0.865. The van der Waals surface area contributed by atoms with Gasteiger partial charge in [-0.05, 0) is 55.2 Å². The summed E-state index contributed by atoms with van der Waals surface area (Å²) in [5, 5.41) is 13.4. The fourth-order valence-corrected chi connectivity index (χ4v) is 3.41. The molecule has 0 radical (unpaired) electrons. The molecular formula is C25H25FN4O2. The Bertz CT molecular complexity index is 1180. The standard InChI is InChI=1S/C25H25FN4O2/c1-17(7-8-18-5-3-2-4-6-18)32-21-13-14-22-23(15-21)29-30-24(22)28-25(31)27-16-19-9-11-20(26)12-10-19/h2-6,9-15,17H,7-8,16H2,1H3,(H3,27,28,29,30,31). The number of amides is 2. The Morgan fingerprint density at radius 3 is 2.62 bits per heavy atom. The molecule has 7 heteroatoms. The summed E-state index contributed by atoms with van der Waals surface area (Å²) in [7, 11) is 0. The lowest BCUT2D eigenvalue weighted by Crippen LogP contribution is -2.28. The molecule has 3 N–H and O–H groups in total. The molecule has 6 nitrogen and oxygen atoms in total. The predicted molar refractivity (Wildman–Crippen MR) is 123 cm³/mol. The molecule has 0 aliphatic heterocycles. The van der Waals surface area contributed by atoms with E-state index in [2.05, 4.69) is 39.9 Å². The number of urea groups is 1. The van der Waals surface area contributed by atoms with E-state index in [0.29, 0.717) is 5.82 Å². The Morgan fingerprint density at radius 1 is 1.06 bits per heavy atom. The molecule has 164 valence electrons. The SMILES string of the molecule is CC(CCc1ccccc1)Oc1ccc2c(NC(=O)NCc3ccc(F)cc3)n[nH]c2c1. The van der Waals surface area contributed by atoms with Gasteiger partial charge in [-0.1, -0.05) is 42.5 Å². The van der Waals surface area contributed by atoms with Gasteiger partial charge in [-0.2, -0.15) is 5.10 Å². The van der Waals surface area contributed by atoms with E-state index < -0.39 is 6.03 Å². The highest BCUT2D eigenvalue weighted by atomic mass is 19.1. The van der Waals surface area contributed by atoms with E-state index in [9.17, 15) is 9.18 Å². The fourth-order valence-electron chi connectivity index (χ4n) is 3.41. The van der Waals surface area contributed by atoms with Crippen molar-refractivity contribution in [2.24, 2.45) is 0 Å². The van der Waals surface area contributed by atoms with Gasteiger partial charge < -0.3 is 10.1 Å². The summed E-state index contributed by atoms with van der Waals surface area (Å²) in [4.78, 5) is 12.2. The first-order valence-electron chi connectivity index (χ1n) is 10.5. The molecule has 4 rings (SSSR count). The molecule has 0 fully saturated rings. The van der Waals surface area contributed by atoms with Gasteiger partial charge in [0.05, 0.1) is 11.6 Å². The maximum atomic E-state index is 13.0. The number of halogens is 1. The van der Waals surface area contributed by atoms with Gasteiger partial charge in [-0.15, -0.1) is 0 Å². The number of H-pyrrole nitrogens is 1. The zero-order chi connectivity index (χ0) is 22.3. The summed E-state index contributed by atoms with van der Waals surface area (Å²) < 4.78 is 19.0. The van der Waals surface area contributed by atoms with E-state index in [4.69, 9.17) is 4.74 Å². The Morgan fingerprint density at radius 2 is 1.84 bits per heavy atom. The number of carbonyl (C=O) groups is 1. The third-order valence-corrected chi connectivity index (χ3v) is 5.15. The van der Waals surface area contributed by atoms with Gasteiger partial charge in [0.1, 0.15) is 11.6 Å². The monoisotopic (exact) mass is 432 g/mol. The lowest BCUT2D eigenvalue weighted by molar-refractivity contribution is 0.211. The third kappa shape index (κ3) is 5.63. The number of aromatic nitrogens is 2. The molecule has 2 amide bonds. The minimum absolute atomic E-state index is 0.0606. The number of fused-ring (bicyclic) bond motifs is 1. The number of rotatable bonds is 8. The van der Waals surface area contributed by atoms with Crippen LogP contribution < -0.4 is 15.4 Å². The Kier molecular flexibility index (Phi) is 6.65. The molecule has 3 aromatic carbocycles. The van der Waals surface area contributed by atoms with Crippen molar-refractivity contribution >= 4 is 22.8 Å². The normalized spacial score (nSPS) is 11.8. The molecule has 4 aromatic rings. The van der Waals surface area contributed by atoms with Crippen LogP contribution in [0.15, 0.2) is 72.8 Å². The van der Waals surface area contributed by atoms with Crippen molar-refractivity contribution in [3.63, 3.8) is 0 Å². The highest BCUT2D eigenvalue weighted by Gasteiger charge is 2.11. The minimum atomic E-state index is -0.391. The highest BCUT2D eigenvalue weighted by molar-refractivity contribution is 5.99. The summed E-state index contributed by atoms with van der Waals surface area (Å²) in [6.45, 7) is 2.34. The van der Waals surface area contributed by atoms with Crippen LogP contribution in [-0.2, 0) is 13.0 Å². The number of hydrogen-bond acceptors (Lipinski definition) is 3. The summed E-state index contributed by atoms with van der Waals surface area (Å²) in [5.41, 5.74) is 2.86. The molecule has 1 aromatic heterocycles. The molecule has 32 heavy (non-hydrogen) atoms. The summed E-state index contributed by atoms with van der Waals surface area (Å²) in [6.07, 6.45) is 1.92. The summed E-state index contributed by atoms with van der Waals surface area (Å²) in [6, 6.07) is 21.5. The minimum Gasteiger partial charge on any atom is -0.491 e. The lowest BCUT2D eigenvalue weighted by Gasteiger charge is -2.14. The molecule has 1 heterocycles. The number of benzene rings is 3. The van der Waals surface area contributed by atoms with Gasteiger partial charge in [0, 0.05) is 18.0 Å². The van der Waals surface area contributed by atoms with Crippen molar-refractivity contribution in [1.82, 2.24) is 15.5 Å². The number of anilines is 1. The van der Waals surface area contributed by atoms with Crippen LogP contribution in [0.2, 0.25) is 0 Å². The highest BCUT2D eigenvalue weighted by Crippen LogP contribution is 2.26. The number of aryl methyl sites for hydroxylation is 1. The Balaban J connectivity index is 1.31. The first kappa shape index (κ1) is 21.4. The maximum Gasteiger partial charge on any atom is 0.320 e. The Labute approximate surface area is 185 Å². The average molecular weight is 432 g/mol. The van der Waals surface area contributed by atoms with Crippen molar-refractivity contribution < 1.29 is 13.9 Å². The van der Waals surface area contributed by atoms with Gasteiger partial charge >= 0.3 is 6.03 Å². The second-order valence-corrected chi connectivity index (χ2v) is 7.67. The lowest BCUT2D eigenvalue weighted by atomic mass is 10.1. The van der Waals surface area contributed by atoms with Crippen LogP contribution in [0.1, 0.15) is 24.5 Å². The van der Waals surface area contributed by atoms with Crippen molar-refractivity contribution in [1.29, 1.82) is 0 Å². The van der Waals surface area contributed by atoms with Crippen molar-refractivity contribution in [2.45, 2.75) is 32.4 Å². The number of carbonyl (C=O) groups excluding carboxylic acids is 1. The van der Waals surface area contributed by atoms with Crippen molar-refractivity contribution in [3.05, 3.63) is 89.7 Å². The molecule has 0 saturated heterocycles. The van der Waals surface area contributed by atoms with E-state index in [1.54, 1.807) is 12.1 Å². The van der Waals surface area contributed by atoms with Crippen LogP contribution in [0.25, 0.3) is 10.9 Å². The molecule has 1 atom stereocenters. The zero-order valence-corrected chi connectivity index (χ0v) is 17.8. The molecule has 1 unspecified atom stereocenters. The van der Waals surface area contributed by atoms with Crippen LogP contribution in [0.4, 0.5) is 15.0 Å². The maximum absolute atomic E-state index is 13.0. The van der Waals surface area contributed by atoms with Gasteiger partial charge in [-0.25, -0.2) is 9.18 Å². The average Bonchev–Trinajstić information content (AvgIpc) is 3.20. The van der Waals surface area contributed by atoms with Gasteiger partial charge in [-0.3, -0.25) is 10.4 Å². The molecule has 0 aliphatic carbocycles. The van der Waals surface area contributed by atoms with E-state index in [-0.39, 0.29) is 18.5 Å². The molecule has 0 spiro atoms. The Hall–Kier alpha value is -3.87. The van der Waals surface area contributed by atoms with Gasteiger partial charge in [0.15, 0.2) is 5.82 Å². The fraction of sp³-hybridized carbons (Fsp3) is 0.200. The predicted octanol–water partition coefficient (Wildman–Crippen LogP) is 5.42. The van der Waals surface area contributed by atoms with Gasteiger partial charge in [0.2, 0.25) is 0 Å². The van der Waals surface area contributed by atoms with Crippen LogP contribution in [0, 0.1) is 5.82 Å². The first-order valence-corrected chi connectivity index (χ1v) is 10.5. The van der Waals surface area contributed by atoms with E-state index in [1.807, 2.05) is 36.4 Å². The number of ether oxygens (including phenoxy) is 1. The quantitative estimate of drug-likeness (QED) is 0.348. The molecule has 0 saturated carbocycles. The number of hydrogen-bond donors (Lipinski definition) is 3. The zero-order valence-electron chi connectivity index (χ0n) is 17.8. The second-order valence-electron chi connectivity index (χ2n) is 7.67. The second kappa shape index (κ2) is 9.96. The number of nitrogens with zero attached hydrogens (tertiary/aromatic N) is 1. The van der Waals surface area contributed by atoms with Crippen molar-refractivity contribution in [3.8, 4) is 5.75 Å². The third-order valence-electron chi connectivity index (χ3n) is 5.15. The molecule has 0 aliphatic rings.